The molecule has 0 saturated heterocycles. The van der Waals surface area contributed by atoms with E-state index >= 15 is 0 Å². The Labute approximate surface area is 178 Å². The summed E-state index contributed by atoms with van der Waals surface area (Å²) in [5, 5.41) is 17.7. The fourth-order valence-corrected chi connectivity index (χ4v) is 4.98. The van der Waals surface area contributed by atoms with Gasteiger partial charge in [-0.1, -0.05) is 41.9 Å². The number of nitrogens with zero attached hydrogens (tertiary/aromatic N) is 1. The lowest BCUT2D eigenvalue weighted by Crippen LogP contribution is -2.22. The molecule has 0 atom stereocenters. The molecule has 0 fully saturated rings. The van der Waals surface area contributed by atoms with Gasteiger partial charge in [-0.05, 0) is 35.6 Å². The fourth-order valence-electron chi connectivity index (χ4n) is 3.03. The molecule has 2 aromatic carbocycles. The van der Waals surface area contributed by atoms with Crippen molar-refractivity contribution in [2.24, 2.45) is 5.14 Å². The molecule has 0 bridgehead atoms. The van der Waals surface area contributed by atoms with Gasteiger partial charge in [-0.2, -0.15) is 0 Å². The number of rotatable bonds is 6. The number of amides is 1. The van der Waals surface area contributed by atoms with Gasteiger partial charge < -0.3 is 0 Å². The Balaban J connectivity index is 2.16. The molecule has 0 spiro atoms. The molecule has 0 saturated carbocycles. The van der Waals surface area contributed by atoms with Crippen LogP contribution in [0, 0.1) is 0 Å². The van der Waals surface area contributed by atoms with E-state index in [1.54, 1.807) is 30.3 Å². The maximum absolute atomic E-state index is 12.1. The van der Waals surface area contributed by atoms with Gasteiger partial charge in [0.2, 0.25) is 15.9 Å². The van der Waals surface area contributed by atoms with Gasteiger partial charge in [0.1, 0.15) is 0 Å². The lowest BCUT2D eigenvalue weighted by Gasteiger charge is -2.12. The molecule has 29 heavy (non-hydrogen) atoms. The average molecular weight is 451 g/mol. The van der Waals surface area contributed by atoms with E-state index in [0.717, 1.165) is 16.0 Å². The minimum Gasteiger partial charge on any atom is -0.286 e. The molecule has 3 aromatic rings. The van der Waals surface area contributed by atoms with E-state index in [1.165, 1.54) is 24.5 Å². The molecule has 0 aliphatic heterocycles. The van der Waals surface area contributed by atoms with Gasteiger partial charge in [-0.3, -0.25) is 10.0 Å². The van der Waals surface area contributed by atoms with Gasteiger partial charge in [0.15, 0.2) is 0 Å². The van der Waals surface area contributed by atoms with Gasteiger partial charge >= 0.3 is 0 Å². The lowest BCUT2D eigenvalue weighted by molar-refractivity contribution is -0.159. The van der Waals surface area contributed by atoms with Crippen molar-refractivity contribution in [1.82, 2.24) is 5.06 Å². The number of hydrogen-bond acceptors (Lipinski definition) is 5. The minimum atomic E-state index is -3.93. The Bertz CT molecular complexity index is 1140. The second-order valence-corrected chi connectivity index (χ2v) is 9.34. The van der Waals surface area contributed by atoms with E-state index in [0.29, 0.717) is 27.6 Å². The van der Waals surface area contributed by atoms with Crippen LogP contribution in [0.25, 0.3) is 22.3 Å². The smallest absolute Gasteiger partial charge is 0.246 e. The lowest BCUT2D eigenvalue weighted by atomic mass is 9.95. The molecule has 3 N–H and O–H groups in total. The molecule has 1 heterocycles. The molecule has 0 aliphatic carbocycles. The monoisotopic (exact) mass is 450 g/mol. The van der Waals surface area contributed by atoms with Crippen LogP contribution in [0.5, 0.6) is 0 Å². The summed E-state index contributed by atoms with van der Waals surface area (Å²) in [5.74, 6) is -0.410. The first-order chi connectivity index (χ1) is 13.7. The van der Waals surface area contributed by atoms with Crippen LogP contribution >= 0.6 is 22.9 Å². The topological polar surface area (TPSA) is 101 Å². The summed E-state index contributed by atoms with van der Waals surface area (Å²) in [6, 6.07) is 13.7. The number of hydrogen-bond donors (Lipinski definition) is 2. The highest BCUT2D eigenvalue weighted by Gasteiger charge is 2.21. The molecule has 1 aromatic heterocycles. The van der Waals surface area contributed by atoms with Crippen molar-refractivity contribution in [3.8, 4) is 22.3 Å². The first kappa shape index (κ1) is 21.5. The van der Waals surface area contributed by atoms with Crippen LogP contribution in [0.4, 0.5) is 0 Å². The van der Waals surface area contributed by atoms with Crippen molar-refractivity contribution in [3.63, 3.8) is 0 Å². The van der Waals surface area contributed by atoms with Crippen molar-refractivity contribution >= 4 is 38.9 Å². The summed E-state index contributed by atoms with van der Waals surface area (Å²) < 4.78 is 24.2. The zero-order valence-electron chi connectivity index (χ0n) is 15.5. The third kappa shape index (κ3) is 4.85. The number of aryl methyl sites for hydroxylation is 1. The maximum Gasteiger partial charge on any atom is 0.246 e. The molecule has 0 radical (unpaired) electrons. The molecule has 0 aliphatic rings. The largest absolute Gasteiger partial charge is 0.286 e. The minimum absolute atomic E-state index is 0.0331. The van der Waals surface area contributed by atoms with Gasteiger partial charge in [0.05, 0.1) is 4.90 Å². The Morgan fingerprint density at radius 3 is 2.41 bits per heavy atom. The Hall–Kier alpha value is -2.23. The Morgan fingerprint density at radius 1 is 1.14 bits per heavy atom. The van der Waals surface area contributed by atoms with Crippen molar-refractivity contribution < 1.29 is 18.4 Å². The molecule has 6 nitrogen and oxygen atoms in total. The zero-order chi connectivity index (χ0) is 21.2. The third-order valence-corrected chi connectivity index (χ3v) is 6.68. The molecule has 3 rings (SSSR count). The van der Waals surface area contributed by atoms with Crippen molar-refractivity contribution in [1.29, 1.82) is 0 Å². The van der Waals surface area contributed by atoms with Crippen LogP contribution in [0.15, 0.2) is 58.8 Å². The van der Waals surface area contributed by atoms with Crippen molar-refractivity contribution in [2.75, 3.05) is 7.05 Å². The van der Waals surface area contributed by atoms with Crippen LogP contribution in [0.2, 0.25) is 5.02 Å². The number of halogens is 1. The maximum atomic E-state index is 12.1. The van der Waals surface area contributed by atoms with Crippen LogP contribution < -0.4 is 5.14 Å². The van der Waals surface area contributed by atoms with Crippen LogP contribution in [0.1, 0.15) is 11.3 Å². The number of hydroxylamine groups is 2. The number of carbonyl (C=O) groups excluding carboxylic acids is 1. The van der Waals surface area contributed by atoms with Gasteiger partial charge in [0, 0.05) is 40.1 Å². The highest BCUT2D eigenvalue weighted by molar-refractivity contribution is 7.89. The van der Waals surface area contributed by atoms with Crippen LogP contribution in [-0.2, 0) is 21.2 Å². The predicted octanol–water partition coefficient (Wildman–Crippen LogP) is 4.16. The zero-order valence-corrected chi connectivity index (χ0v) is 17.9. The van der Waals surface area contributed by atoms with E-state index in [9.17, 15) is 18.4 Å². The molecular formula is C20H19ClN2O4S2. The quantitative estimate of drug-likeness (QED) is 0.434. The van der Waals surface area contributed by atoms with Crippen LogP contribution in [-0.4, -0.2) is 31.6 Å². The number of primary sulfonamides is 1. The molecular weight excluding hydrogens is 432 g/mol. The number of thiophene rings is 1. The number of nitrogens with two attached hydrogens (primary N) is 1. The average Bonchev–Trinajstić information content (AvgIpc) is 3.09. The van der Waals surface area contributed by atoms with Gasteiger partial charge in [-0.15, -0.1) is 11.3 Å². The van der Waals surface area contributed by atoms with Gasteiger partial charge in [-0.25, -0.2) is 18.6 Å². The normalized spacial score (nSPS) is 11.4. The summed E-state index contributed by atoms with van der Waals surface area (Å²) in [6.45, 7) is 0. The predicted molar refractivity (Wildman–Crippen MR) is 114 cm³/mol. The highest BCUT2D eigenvalue weighted by Crippen LogP contribution is 2.42. The number of benzene rings is 2. The molecule has 9 heteroatoms. The Kier molecular flexibility index (Phi) is 6.40. The second kappa shape index (κ2) is 8.64. The summed E-state index contributed by atoms with van der Waals surface area (Å²) in [7, 11) is -2.64. The van der Waals surface area contributed by atoms with E-state index in [4.69, 9.17) is 16.7 Å². The summed E-state index contributed by atoms with van der Waals surface area (Å²) in [5.41, 5.74) is 2.86. The van der Waals surface area contributed by atoms with E-state index < -0.39 is 15.9 Å². The van der Waals surface area contributed by atoms with Crippen LogP contribution in [0.3, 0.4) is 0 Å². The summed E-state index contributed by atoms with van der Waals surface area (Å²) in [6.07, 6.45) is 0.508. The summed E-state index contributed by atoms with van der Waals surface area (Å²) >= 11 is 7.44. The summed E-state index contributed by atoms with van der Waals surface area (Å²) in [4.78, 5) is 12.8. The third-order valence-electron chi connectivity index (χ3n) is 4.41. The number of carbonyl (C=O) groups is 1. The number of sulfonamides is 1. The first-order valence-corrected chi connectivity index (χ1v) is 11.4. The first-order valence-electron chi connectivity index (χ1n) is 8.62. The fraction of sp³-hybridized carbons (Fsp3) is 0.150. The molecule has 1 amide bonds. The standard InChI is InChI=1S/C20H19ClN2O4S2/c1-23(25)19(24)11-10-17-20(13-6-8-14(21)9-7-13)16(12-28-17)15-4-2-3-5-18(15)29(22,26)27/h2-9,12,25H,10-11H2,1H3,(H2,22,26,27). The van der Waals surface area contributed by atoms with E-state index in [1.807, 2.05) is 17.5 Å². The van der Waals surface area contributed by atoms with E-state index in [-0.39, 0.29) is 11.3 Å². The van der Waals surface area contributed by atoms with E-state index in [2.05, 4.69) is 0 Å². The van der Waals surface area contributed by atoms with Crippen molar-refractivity contribution in [3.05, 3.63) is 63.8 Å². The molecule has 152 valence electrons. The highest BCUT2D eigenvalue weighted by atomic mass is 35.5. The Morgan fingerprint density at radius 2 is 1.79 bits per heavy atom. The van der Waals surface area contributed by atoms with Gasteiger partial charge in [0.25, 0.3) is 0 Å². The second-order valence-electron chi connectivity index (χ2n) is 6.41. The SMILES string of the molecule is CN(O)C(=O)CCc1scc(-c2ccccc2S(N)(=O)=O)c1-c1ccc(Cl)cc1. The molecule has 0 unspecified atom stereocenters. The van der Waals surface area contributed by atoms with Crippen molar-refractivity contribution in [2.45, 2.75) is 17.7 Å².